The molecule has 0 saturated heterocycles. The van der Waals surface area contributed by atoms with E-state index >= 15 is 0 Å². The summed E-state index contributed by atoms with van der Waals surface area (Å²) in [4.78, 5) is 69.8. The standard InChI is InChI=1S/C28H50N6O10/c1-25(2,3)41-20(35)30-18(31-21(36)42-26(4,5)6)29-16-14-13-15-17-34(24(39)40)19(32-22(37)43-27(7,8)9)33-23(38)44-28(10,11)12/h13-17H2,1-12H3,(H,39,40)(H,32,33,37,38)(H2,29,30,31,35,36). The molecule has 0 aromatic heterocycles. The lowest BCUT2D eigenvalue weighted by Gasteiger charge is -2.24. The van der Waals surface area contributed by atoms with Crippen molar-refractivity contribution < 1.29 is 48.0 Å². The molecular formula is C28H50N6O10. The van der Waals surface area contributed by atoms with Gasteiger partial charge in [-0.15, -0.1) is 4.99 Å². The van der Waals surface area contributed by atoms with E-state index in [1.165, 1.54) is 0 Å². The van der Waals surface area contributed by atoms with Gasteiger partial charge in [0.15, 0.2) is 0 Å². The molecule has 5 amide bonds. The number of alkyl carbamates (subject to hydrolysis) is 3. The molecule has 0 aliphatic carbocycles. The predicted molar refractivity (Wildman–Crippen MR) is 163 cm³/mol. The minimum absolute atomic E-state index is 0.128. The summed E-state index contributed by atoms with van der Waals surface area (Å²) in [6.07, 6.45) is -4.18. The molecule has 0 radical (unpaired) electrons. The quantitative estimate of drug-likeness (QED) is 0.128. The maximum atomic E-state index is 12.4. The van der Waals surface area contributed by atoms with Crippen molar-refractivity contribution in [1.82, 2.24) is 20.9 Å². The Labute approximate surface area is 259 Å². The number of carbonyl (C=O) groups excluding carboxylic acids is 4. The molecule has 0 aromatic carbocycles. The number of carboxylic acid groups (broad SMARTS) is 1. The third-order valence-corrected chi connectivity index (χ3v) is 4.24. The zero-order valence-corrected chi connectivity index (χ0v) is 28.0. The van der Waals surface area contributed by atoms with Gasteiger partial charge in [-0.3, -0.25) is 20.9 Å². The van der Waals surface area contributed by atoms with Gasteiger partial charge in [-0.1, -0.05) is 0 Å². The summed E-state index contributed by atoms with van der Waals surface area (Å²) < 4.78 is 20.7. The van der Waals surface area contributed by atoms with Gasteiger partial charge >= 0.3 is 30.5 Å². The second-order valence-electron chi connectivity index (χ2n) is 13.5. The molecule has 0 aromatic rings. The molecule has 0 aliphatic heterocycles. The first-order chi connectivity index (χ1) is 19.8. The lowest BCUT2D eigenvalue weighted by atomic mass is 10.2. The van der Waals surface area contributed by atoms with Gasteiger partial charge in [-0.25, -0.2) is 28.9 Å². The molecule has 44 heavy (non-hydrogen) atoms. The number of aliphatic imine (C=N–C) groups is 2. The van der Waals surface area contributed by atoms with Crippen molar-refractivity contribution in [3.05, 3.63) is 0 Å². The van der Waals surface area contributed by atoms with Crippen LogP contribution in [0.5, 0.6) is 0 Å². The molecule has 0 rings (SSSR count). The average Bonchev–Trinajstić information content (AvgIpc) is 2.72. The Balaban J connectivity index is 5.56. The van der Waals surface area contributed by atoms with Crippen molar-refractivity contribution in [3.63, 3.8) is 0 Å². The third kappa shape index (κ3) is 21.6. The molecule has 0 fully saturated rings. The molecule has 0 atom stereocenters. The van der Waals surface area contributed by atoms with Crippen molar-refractivity contribution >= 4 is 42.4 Å². The van der Waals surface area contributed by atoms with Gasteiger partial charge < -0.3 is 24.1 Å². The molecule has 0 unspecified atom stereocenters. The number of nitrogens with one attached hydrogen (secondary N) is 3. The minimum atomic E-state index is -1.48. The Morgan fingerprint density at radius 1 is 0.614 bits per heavy atom. The highest BCUT2D eigenvalue weighted by molar-refractivity contribution is 6.04. The smallest absolute Gasteiger partial charge is 0.437 e. The zero-order valence-electron chi connectivity index (χ0n) is 28.0. The highest BCUT2D eigenvalue weighted by Gasteiger charge is 2.26. The Bertz CT molecular complexity index is 1040. The Morgan fingerprint density at radius 2 is 1.02 bits per heavy atom. The molecule has 0 saturated carbocycles. The first-order valence-corrected chi connectivity index (χ1v) is 14.1. The molecule has 0 spiro atoms. The number of carbonyl (C=O) groups is 5. The van der Waals surface area contributed by atoms with Gasteiger partial charge in [0.25, 0.3) is 0 Å². The Hall–Kier alpha value is -4.11. The van der Waals surface area contributed by atoms with E-state index in [0.29, 0.717) is 17.7 Å². The first-order valence-electron chi connectivity index (χ1n) is 14.1. The van der Waals surface area contributed by atoms with Crippen LogP contribution in [0.15, 0.2) is 9.98 Å². The number of rotatable bonds is 6. The van der Waals surface area contributed by atoms with Gasteiger partial charge in [-0.05, 0) is 102 Å². The Morgan fingerprint density at radius 3 is 1.41 bits per heavy atom. The van der Waals surface area contributed by atoms with E-state index in [1.807, 2.05) is 0 Å². The van der Waals surface area contributed by atoms with Crippen LogP contribution in [0.2, 0.25) is 0 Å². The lowest BCUT2D eigenvalue weighted by Crippen LogP contribution is -2.49. The fourth-order valence-electron chi connectivity index (χ4n) is 2.87. The van der Waals surface area contributed by atoms with E-state index in [1.54, 1.807) is 83.1 Å². The van der Waals surface area contributed by atoms with Crippen molar-refractivity contribution in [3.8, 4) is 0 Å². The van der Waals surface area contributed by atoms with Crippen LogP contribution in [-0.2, 0) is 18.9 Å². The van der Waals surface area contributed by atoms with E-state index < -0.39 is 58.8 Å². The van der Waals surface area contributed by atoms with Gasteiger partial charge in [0.1, 0.15) is 22.4 Å². The topological polar surface area (TPSA) is 207 Å². The maximum Gasteiger partial charge on any atom is 0.437 e. The van der Waals surface area contributed by atoms with Gasteiger partial charge in [0, 0.05) is 13.1 Å². The monoisotopic (exact) mass is 630 g/mol. The van der Waals surface area contributed by atoms with Gasteiger partial charge in [0.2, 0.25) is 11.9 Å². The summed E-state index contributed by atoms with van der Waals surface area (Å²) in [5, 5.41) is 16.8. The molecular weight excluding hydrogens is 580 g/mol. The highest BCUT2D eigenvalue weighted by Crippen LogP contribution is 2.11. The molecule has 0 bridgehead atoms. The van der Waals surface area contributed by atoms with E-state index in [2.05, 4.69) is 25.9 Å². The summed E-state index contributed by atoms with van der Waals surface area (Å²) in [6, 6.07) is 0. The number of hydrogen-bond donors (Lipinski definition) is 4. The fourth-order valence-corrected chi connectivity index (χ4v) is 2.87. The first kappa shape index (κ1) is 39.9. The summed E-state index contributed by atoms with van der Waals surface area (Å²) in [5.74, 6) is -0.765. The van der Waals surface area contributed by atoms with Crippen LogP contribution >= 0.6 is 0 Å². The number of amides is 5. The fraction of sp³-hybridized carbons (Fsp3) is 0.750. The zero-order chi connectivity index (χ0) is 34.5. The van der Waals surface area contributed by atoms with Crippen LogP contribution in [0.25, 0.3) is 0 Å². The van der Waals surface area contributed by atoms with Crippen LogP contribution in [0.3, 0.4) is 0 Å². The van der Waals surface area contributed by atoms with Crippen LogP contribution in [0.4, 0.5) is 24.0 Å². The minimum Gasteiger partial charge on any atom is -0.465 e. The average molecular weight is 631 g/mol. The molecule has 16 nitrogen and oxygen atoms in total. The van der Waals surface area contributed by atoms with Crippen molar-refractivity contribution in [2.24, 2.45) is 9.98 Å². The normalized spacial score (nSPS) is 12.3. The molecule has 252 valence electrons. The van der Waals surface area contributed by atoms with Gasteiger partial charge in [-0.2, -0.15) is 0 Å². The SMILES string of the molecule is CC(C)(C)OC(=O)N=C(NC(=O)OC(C)(C)C)N(CCCCCN=C(NC(=O)OC(C)(C)C)NC(=O)OC(C)(C)C)C(=O)O. The number of ether oxygens (including phenoxy) is 4. The van der Waals surface area contributed by atoms with Crippen molar-refractivity contribution in [2.45, 2.75) is 125 Å². The summed E-state index contributed by atoms with van der Waals surface area (Å²) in [7, 11) is 0. The maximum absolute atomic E-state index is 12.4. The van der Waals surface area contributed by atoms with E-state index in [-0.39, 0.29) is 25.5 Å². The lowest BCUT2D eigenvalue weighted by molar-refractivity contribution is 0.0527. The van der Waals surface area contributed by atoms with Crippen LogP contribution < -0.4 is 16.0 Å². The molecule has 0 aliphatic rings. The third-order valence-electron chi connectivity index (χ3n) is 4.24. The second-order valence-corrected chi connectivity index (χ2v) is 13.5. The predicted octanol–water partition coefficient (Wildman–Crippen LogP) is 5.36. The van der Waals surface area contributed by atoms with E-state index in [4.69, 9.17) is 18.9 Å². The number of unbranched alkanes of at least 4 members (excludes halogenated alkanes) is 2. The molecule has 4 N–H and O–H groups in total. The largest absolute Gasteiger partial charge is 0.465 e. The van der Waals surface area contributed by atoms with Crippen LogP contribution in [-0.4, -0.2) is 87.9 Å². The van der Waals surface area contributed by atoms with E-state index in [0.717, 1.165) is 0 Å². The molecule has 16 heteroatoms. The van der Waals surface area contributed by atoms with Crippen molar-refractivity contribution in [2.75, 3.05) is 13.1 Å². The second kappa shape index (κ2) is 16.7. The Kier molecular flexibility index (Phi) is 15.1. The summed E-state index contributed by atoms with van der Waals surface area (Å²) in [6.45, 7) is 19.7. The van der Waals surface area contributed by atoms with Crippen LogP contribution in [0, 0.1) is 0 Å². The van der Waals surface area contributed by atoms with E-state index in [9.17, 15) is 29.1 Å². The molecule has 0 heterocycles. The summed E-state index contributed by atoms with van der Waals surface area (Å²) >= 11 is 0. The van der Waals surface area contributed by atoms with Crippen molar-refractivity contribution in [1.29, 1.82) is 0 Å². The number of guanidine groups is 2. The highest BCUT2D eigenvalue weighted by atomic mass is 16.6. The number of hydrogen-bond acceptors (Lipinski definition) is 10. The van der Waals surface area contributed by atoms with Crippen LogP contribution in [0.1, 0.15) is 102 Å². The number of nitrogens with zero attached hydrogens (tertiary/aromatic N) is 3. The van der Waals surface area contributed by atoms with Gasteiger partial charge in [0.05, 0.1) is 0 Å². The summed E-state index contributed by atoms with van der Waals surface area (Å²) in [5.41, 5.74) is -3.39.